The first-order valence-corrected chi connectivity index (χ1v) is 3.66. The molecule has 1 aromatic heterocycles. The zero-order valence-corrected chi connectivity index (χ0v) is 7.11. The second kappa shape index (κ2) is 5.12. The highest BCUT2D eigenvalue weighted by atomic mass is 16.4. The molecule has 0 aliphatic carbocycles. The minimum absolute atomic E-state index is 0.0278. The van der Waals surface area contributed by atoms with Crippen molar-refractivity contribution in [3.8, 4) is 0 Å². The fraction of sp³-hybridized carbons (Fsp3) is 0.250. The maximum Gasteiger partial charge on any atom is 0.354 e. The first-order valence-electron chi connectivity index (χ1n) is 3.66. The first-order chi connectivity index (χ1) is 5.70. The number of aromatic nitrogens is 1. The van der Waals surface area contributed by atoms with E-state index in [1.165, 1.54) is 12.1 Å². The van der Waals surface area contributed by atoms with Crippen LogP contribution in [-0.4, -0.2) is 16.1 Å². The molecule has 0 saturated carbocycles. The van der Waals surface area contributed by atoms with Crippen molar-refractivity contribution in [1.82, 2.24) is 4.98 Å². The topological polar surface area (TPSA) is 76.2 Å². The molecular weight excluding hydrogens is 156 g/mol. The van der Waals surface area contributed by atoms with Gasteiger partial charge in [-0.1, -0.05) is 19.9 Å². The van der Waals surface area contributed by atoms with Gasteiger partial charge in [0.15, 0.2) is 5.69 Å². The van der Waals surface area contributed by atoms with E-state index in [1.807, 2.05) is 13.8 Å². The number of nitrogen functional groups attached to an aromatic ring is 1. The van der Waals surface area contributed by atoms with E-state index in [1.54, 1.807) is 6.07 Å². The molecule has 1 heterocycles. The molecule has 0 aliphatic heterocycles. The molecule has 1 aromatic rings. The summed E-state index contributed by atoms with van der Waals surface area (Å²) in [6.07, 6.45) is 0. The molecule has 0 radical (unpaired) electrons. The average molecular weight is 168 g/mol. The van der Waals surface area contributed by atoms with E-state index in [0.29, 0.717) is 0 Å². The highest BCUT2D eigenvalue weighted by molar-refractivity contribution is 5.85. The molecule has 12 heavy (non-hydrogen) atoms. The van der Waals surface area contributed by atoms with Crippen molar-refractivity contribution in [2.24, 2.45) is 0 Å². The van der Waals surface area contributed by atoms with Gasteiger partial charge in [-0.2, -0.15) is 0 Å². The number of rotatable bonds is 1. The molecule has 0 aromatic carbocycles. The summed E-state index contributed by atoms with van der Waals surface area (Å²) in [5.41, 5.74) is 5.19. The number of hydrogen-bond acceptors (Lipinski definition) is 3. The number of aromatic carboxylic acids is 1. The highest BCUT2D eigenvalue weighted by Crippen LogP contribution is 1.98. The van der Waals surface area contributed by atoms with Gasteiger partial charge in [0.2, 0.25) is 0 Å². The van der Waals surface area contributed by atoms with Crippen molar-refractivity contribution in [1.29, 1.82) is 0 Å². The molecular formula is C8H12N2O2. The van der Waals surface area contributed by atoms with E-state index in [0.717, 1.165) is 0 Å². The van der Waals surface area contributed by atoms with Gasteiger partial charge < -0.3 is 10.8 Å². The monoisotopic (exact) mass is 168 g/mol. The Morgan fingerprint density at radius 2 is 2.08 bits per heavy atom. The van der Waals surface area contributed by atoms with Crippen LogP contribution in [0.1, 0.15) is 24.3 Å². The predicted molar refractivity (Wildman–Crippen MR) is 47.0 cm³/mol. The lowest BCUT2D eigenvalue weighted by atomic mass is 10.3. The second-order valence-corrected chi connectivity index (χ2v) is 1.75. The lowest BCUT2D eigenvalue weighted by molar-refractivity contribution is 0.0690. The number of anilines is 1. The van der Waals surface area contributed by atoms with E-state index >= 15 is 0 Å². The summed E-state index contributed by atoms with van der Waals surface area (Å²) in [6.45, 7) is 4.00. The molecule has 0 aliphatic rings. The third-order valence-corrected chi connectivity index (χ3v) is 0.990. The van der Waals surface area contributed by atoms with Crippen molar-refractivity contribution in [3.63, 3.8) is 0 Å². The zero-order chi connectivity index (χ0) is 9.56. The maximum absolute atomic E-state index is 10.2. The van der Waals surface area contributed by atoms with Crippen LogP contribution in [0, 0.1) is 0 Å². The number of carboxylic acids is 1. The summed E-state index contributed by atoms with van der Waals surface area (Å²) in [6, 6.07) is 4.47. The fourth-order valence-electron chi connectivity index (χ4n) is 0.571. The van der Waals surface area contributed by atoms with Gasteiger partial charge in [-0.3, -0.25) is 0 Å². The van der Waals surface area contributed by atoms with Crippen LogP contribution in [0.25, 0.3) is 0 Å². The molecule has 3 N–H and O–H groups in total. The van der Waals surface area contributed by atoms with Crippen molar-refractivity contribution in [2.45, 2.75) is 13.8 Å². The molecule has 4 heteroatoms. The molecule has 0 unspecified atom stereocenters. The summed E-state index contributed by atoms with van der Waals surface area (Å²) in [5.74, 6) is -0.841. The Balaban J connectivity index is 0.000000561. The van der Waals surface area contributed by atoms with Gasteiger partial charge in [-0.15, -0.1) is 0 Å². The molecule has 0 fully saturated rings. The fourth-order valence-corrected chi connectivity index (χ4v) is 0.571. The van der Waals surface area contributed by atoms with Crippen molar-refractivity contribution >= 4 is 11.8 Å². The van der Waals surface area contributed by atoms with Gasteiger partial charge >= 0.3 is 5.97 Å². The molecule has 4 nitrogen and oxygen atoms in total. The van der Waals surface area contributed by atoms with Gasteiger partial charge in [-0.25, -0.2) is 9.78 Å². The minimum Gasteiger partial charge on any atom is -0.477 e. The van der Waals surface area contributed by atoms with Crippen LogP contribution in [0.3, 0.4) is 0 Å². The van der Waals surface area contributed by atoms with Crippen LogP contribution in [0.5, 0.6) is 0 Å². The molecule has 1 rings (SSSR count). The lowest BCUT2D eigenvalue weighted by Gasteiger charge is -1.92. The van der Waals surface area contributed by atoms with Gasteiger partial charge in [0.25, 0.3) is 0 Å². The van der Waals surface area contributed by atoms with Crippen LogP contribution in [0.4, 0.5) is 5.82 Å². The van der Waals surface area contributed by atoms with Crippen LogP contribution in [0.15, 0.2) is 18.2 Å². The van der Waals surface area contributed by atoms with E-state index in [-0.39, 0.29) is 11.5 Å². The van der Waals surface area contributed by atoms with E-state index < -0.39 is 5.97 Å². The Morgan fingerprint density at radius 1 is 1.50 bits per heavy atom. The van der Waals surface area contributed by atoms with Gasteiger partial charge in [0, 0.05) is 0 Å². The second-order valence-electron chi connectivity index (χ2n) is 1.75. The molecule has 0 spiro atoms. The smallest absolute Gasteiger partial charge is 0.354 e. The number of carboxylic acid groups (broad SMARTS) is 1. The van der Waals surface area contributed by atoms with Crippen molar-refractivity contribution in [2.75, 3.05) is 5.73 Å². The van der Waals surface area contributed by atoms with E-state index in [2.05, 4.69) is 4.98 Å². The first kappa shape index (κ1) is 10.4. The zero-order valence-electron chi connectivity index (χ0n) is 7.11. The van der Waals surface area contributed by atoms with Crippen LogP contribution in [-0.2, 0) is 0 Å². The SMILES string of the molecule is CC.Nc1cccc(C(=O)O)n1. The van der Waals surface area contributed by atoms with Gasteiger partial charge in [0.05, 0.1) is 0 Å². The third kappa shape index (κ3) is 3.01. The Bertz CT molecular complexity index is 261. The minimum atomic E-state index is -1.06. The number of nitrogens with two attached hydrogens (primary N) is 1. The van der Waals surface area contributed by atoms with Crippen LogP contribution < -0.4 is 5.73 Å². The molecule has 66 valence electrons. The number of pyridine rings is 1. The molecule has 0 amide bonds. The summed E-state index contributed by atoms with van der Waals surface area (Å²) >= 11 is 0. The standard InChI is InChI=1S/C6H6N2O2.C2H6/c7-5-3-1-2-4(8-5)6(9)10;1-2/h1-3H,(H2,7,8)(H,9,10);1-2H3. The summed E-state index contributed by atoms with van der Waals surface area (Å²) in [5, 5.41) is 8.39. The summed E-state index contributed by atoms with van der Waals surface area (Å²) in [4.78, 5) is 13.8. The Morgan fingerprint density at radius 3 is 2.42 bits per heavy atom. The lowest BCUT2D eigenvalue weighted by Crippen LogP contribution is -2.01. The van der Waals surface area contributed by atoms with Gasteiger partial charge in [-0.05, 0) is 12.1 Å². The normalized spacial score (nSPS) is 8.17. The summed E-state index contributed by atoms with van der Waals surface area (Å²) in [7, 11) is 0. The molecule has 0 saturated heterocycles. The van der Waals surface area contributed by atoms with Crippen molar-refractivity contribution < 1.29 is 9.90 Å². The number of nitrogens with zero attached hydrogens (tertiary/aromatic N) is 1. The van der Waals surface area contributed by atoms with Crippen LogP contribution in [0.2, 0.25) is 0 Å². The number of carbonyl (C=O) groups is 1. The molecule has 0 bridgehead atoms. The average Bonchev–Trinajstić information content (AvgIpc) is 2.08. The molecule has 0 atom stereocenters. The largest absolute Gasteiger partial charge is 0.477 e. The Kier molecular flexibility index (Phi) is 4.45. The Hall–Kier alpha value is -1.58. The van der Waals surface area contributed by atoms with Gasteiger partial charge in [0.1, 0.15) is 5.82 Å². The van der Waals surface area contributed by atoms with Crippen LogP contribution >= 0.6 is 0 Å². The summed E-state index contributed by atoms with van der Waals surface area (Å²) < 4.78 is 0. The third-order valence-electron chi connectivity index (χ3n) is 0.990. The maximum atomic E-state index is 10.2. The van der Waals surface area contributed by atoms with Crippen molar-refractivity contribution in [3.05, 3.63) is 23.9 Å². The Labute approximate surface area is 71.0 Å². The highest BCUT2D eigenvalue weighted by Gasteiger charge is 2.01. The quantitative estimate of drug-likeness (QED) is 0.664. The predicted octanol–water partition coefficient (Wildman–Crippen LogP) is 1.39. The number of hydrogen-bond donors (Lipinski definition) is 2. The van der Waals surface area contributed by atoms with E-state index in [9.17, 15) is 4.79 Å². The van der Waals surface area contributed by atoms with E-state index in [4.69, 9.17) is 10.8 Å².